The summed E-state index contributed by atoms with van der Waals surface area (Å²) in [6.45, 7) is 1.90. The highest BCUT2D eigenvalue weighted by Crippen LogP contribution is 2.45. The lowest BCUT2D eigenvalue weighted by atomic mass is 10.1. The second-order valence-electron chi connectivity index (χ2n) is 5.23. The number of benzene rings is 1. The van der Waals surface area contributed by atoms with Gasteiger partial charge in [0.15, 0.2) is 0 Å². The van der Waals surface area contributed by atoms with Gasteiger partial charge in [-0.3, -0.25) is 0 Å². The van der Waals surface area contributed by atoms with Gasteiger partial charge in [0, 0.05) is 13.1 Å². The third-order valence-electron chi connectivity index (χ3n) is 3.60. The molecule has 0 amide bonds. The predicted molar refractivity (Wildman–Crippen MR) is 71.5 cm³/mol. The number of nitriles is 1. The average Bonchev–Trinajstić information content (AvgIpc) is 3.17. The Hall–Kier alpha value is -1.53. The standard InChI is InChI=1S/C15H20N2O/c1-17(12-15(11-16)8-9-15)10-7-13-3-5-14(18-2)6-4-13/h3-6H,7-10,12H2,1-2H3. The minimum atomic E-state index is -0.0331. The quantitative estimate of drug-likeness (QED) is 0.771. The molecule has 1 aliphatic carbocycles. The van der Waals surface area contributed by atoms with Crippen molar-refractivity contribution < 1.29 is 4.74 Å². The Kier molecular flexibility index (Phi) is 3.88. The normalized spacial score (nSPS) is 16.3. The summed E-state index contributed by atoms with van der Waals surface area (Å²) < 4.78 is 5.14. The number of nitrogens with zero attached hydrogens (tertiary/aromatic N) is 2. The lowest BCUT2D eigenvalue weighted by Gasteiger charge is -2.19. The zero-order valence-electron chi connectivity index (χ0n) is 11.1. The van der Waals surface area contributed by atoms with Crippen LogP contribution in [0.4, 0.5) is 0 Å². The van der Waals surface area contributed by atoms with Crippen molar-refractivity contribution in [2.45, 2.75) is 19.3 Å². The molecule has 1 fully saturated rings. The fourth-order valence-electron chi connectivity index (χ4n) is 2.16. The van der Waals surface area contributed by atoms with E-state index in [0.717, 1.165) is 38.1 Å². The van der Waals surface area contributed by atoms with Crippen LogP contribution in [-0.2, 0) is 6.42 Å². The van der Waals surface area contributed by atoms with Crippen molar-refractivity contribution in [3.8, 4) is 11.8 Å². The van der Waals surface area contributed by atoms with E-state index in [2.05, 4.69) is 30.1 Å². The molecule has 1 aromatic carbocycles. The van der Waals surface area contributed by atoms with Crippen LogP contribution in [0.2, 0.25) is 0 Å². The van der Waals surface area contributed by atoms with Crippen LogP contribution in [-0.4, -0.2) is 32.1 Å². The second kappa shape index (κ2) is 5.41. The zero-order chi connectivity index (χ0) is 13.0. The maximum Gasteiger partial charge on any atom is 0.118 e. The highest BCUT2D eigenvalue weighted by molar-refractivity contribution is 5.27. The Balaban J connectivity index is 1.78. The summed E-state index contributed by atoms with van der Waals surface area (Å²) in [6, 6.07) is 10.6. The topological polar surface area (TPSA) is 36.3 Å². The molecule has 0 spiro atoms. The van der Waals surface area contributed by atoms with Crippen LogP contribution in [0.15, 0.2) is 24.3 Å². The first-order valence-corrected chi connectivity index (χ1v) is 6.40. The molecule has 3 nitrogen and oxygen atoms in total. The fourth-order valence-corrected chi connectivity index (χ4v) is 2.16. The number of hydrogen-bond donors (Lipinski definition) is 0. The second-order valence-corrected chi connectivity index (χ2v) is 5.23. The smallest absolute Gasteiger partial charge is 0.118 e. The van der Waals surface area contributed by atoms with Gasteiger partial charge in [-0.15, -0.1) is 0 Å². The number of ether oxygens (including phenoxy) is 1. The van der Waals surface area contributed by atoms with Crippen LogP contribution < -0.4 is 4.74 Å². The maximum absolute atomic E-state index is 9.06. The molecule has 96 valence electrons. The molecular weight excluding hydrogens is 224 g/mol. The molecule has 0 unspecified atom stereocenters. The molecule has 0 bridgehead atoms. The van der Waals surface area contributed by atoms with Crippen LogP contribution in [0.1, 0.15) is 18.4 Å². The summed E-state index contributed by atoms with van der Waals surface area (Å²) in [4.78, 5) is 2.26. The van der Waals surface area contributed by atoms with Gasteiger partial charge in [0.2, 0.25) is 0 Å². The molecule has 0 aliphatic heterocycles. The van der Waals surface area contributed by atoms with Crippen molar-refractivity contribution in [2.75, 3.05) is 27.2 Å². The molecule has 1 aliphatic rings. The van der Waals surface area contributed by atoms with Gasteiger partial charge in [-0.25, -0.2) is 0 Å². The minimum absolute atomic E-state index is 0.0331. The van der Waals surface area contributed by atoms with Gasteiger partial charge in [-0.2, -0.15) is 5.26 Å². The van der Waals surface area contributed by atoms with Gasteiger partial charge >= 0.3 is 0 Å². The Morgan fingerprint density at radius 3 is 2.50 bits per heavy atom. The number of likely N-dealkylation sites (N-methyl/N-ethyl adjacent to an activating group) is 1. The SMILES string of the molecule is COc1ccc(CCN(C)CC2(C#N)CC2)cc1. The van der Waals surface area contributed by atoms with Crippen molar-refractivity contribution in [2.24, 2.45) is 5.41 Å². The summed E-state index contributed by atoms with van der Waals surface area (Å²) in [6.07, 6.45) is 3.15. The molecule has 0 heterocycles. The van der Waals surface area contributed by atoms with Crippen LogP contribution >= 0.6 is 0 Å². The molecule has 3 heteroatoms. The fraction of sp³-hybridized carbons (Fsp3) is 0.533. The number of hydrogen-bond acceptors (Lipinski definition) is 3. The van der Waals surface area contributed by atoms with Crippen LogP contribution in [0, 0.1) is 16.7 Å². The Bertz CT molecular complexity index is 429. The molecule has 0 N–H and O–H groups in total. The molecule has 1 aromatic rings. The lowest BCUT2D eigenvalue weighted by Crippen LogP contribution is -2.28. The van der Waals surface area contributed by atoms with E-state index in [0.29, 0.717) is 0 Å². The van der Waals surface area contributed by atoms with Gasteiger partial charge in [0.25, 0.3) is 0 Å². The van der Waals surface area contributed by atoms with E-state index in [-0.39, 0.29) is 5.41 Å². The minimum Gasteiger partial charge on any atom is -0.497 e. The molecule has 0 radical (unpaired) electrons. The first kappa shape index (κ1) is 12.9. The first-order chi connectivity index (χ1) is 8.67. The van der Waals surface area contributed by atoms with Crippen LogP contribution in [0.25, 0.3) is 0 Å². The van der Waals surface area contributed by atoms with E-state index < -0.39 is 0 Å². The van der Waals surface area contributed by atoms with E-state index in [4.69, 9.17) is 10.00 Å². The monoisotopic (exact) mass is 244 g/mol. The van der Waals surface area contributed by atoms with Gasteiger partial charge in [0.1, 0.15) is 5.75 Å². The third kappa shape index (κ3) is 3.24. The summed E-state index contributed by atoms with van der Waals surface area (Å²) in [5, 5.41) is 9.06. The van der Waals surface area contributed by atoms with Gasteiger partial charge < -0.3 is 9.64 Å². The molecule has 0 saturated heterocycles. The zero-order valence-corrected chi connectivity index (χ0v) is 11.1. The Morgan fingerprint density at radius 1 is 1.33 bits per heavy atom. The summed E-state index contributed by atoms with van der Waals surface area (Å²) in [5.41, 5.74) is 1.28. The van der Waals surface area contributed by atoms with Crippen molar-refractivity contribution in [3.63, 3.8) is 0 Å². The van der Waals surface area contributed by atoms with Crippen molar-refractivity contribution in [3.05, 3.63) is 29.8 Å². The molecule has 2 rings (SSSR count). The van der Waals surface area contributed by atoms with Crippen molar-refractivity contribution in [1.29, 1.82) is 5.26 Å². The summed E-state index contributed by atoms with van der Waals surface area (Å²) >= 11 is 0. The maximum atomic E-state index is 9.06. The van der Waals surface area contributed by atoms with Crippen LogP contribution in [0.3, 0.4) is 0 Å². The summed E-state index contributed by atoms with van der Waals surface area (Å²) in [5.74, 6) is 0.897. The van der Waals surface area contributed by atoms with Gasteiger partial charge in [0.05, 0.1) is 18.6 Å². The van der Waals surface area contributed by atoms with Gasteiger partial charge in [-0.1, -0.05) is 12.1 Å². The first-order valence-electron chi connectivity index (χ1n) is 6.40. The molecule has 0 atom stereocenters. The number of methoxy groups -OCH3 is 1. The molecule has 0 aromatic heterocycles. The van der Waals surface area contributed by atoms with Crippen molar-refractivity contribution >= 4 is 0 Å². The third-order valence-corrected chi connectivity index (χ3v) is 3.60. The number of rotatable bonds is 6. The summed E-state index contributed by atoms with van der Waals surface area (Å²) in [7, 11) is 3.78. The largest absolute Gasteiger partial charge is 0.497 e. The Labute approximate surface area is 109 Å². The van der Waals surface area contributed by atoms with E-state index in [1.54, 1.807) is 7.11 Å². The molecule has 18 heavy (non-hydrogen) atoms. The lowest BCUT2D eigenvalue weighted by molar-refractivity contribution is 0.297. The predicted octanol–water partition coefficient (Wildman–Crippen LogP) is 2.47. The van der Waals surface area contributed by atoms with Gasteiger partial charge in [-0.05, 0) is 44.0 Å². The van der Waals surface area contributed by atoms with E-state index in [1.807, 2.05) is 12.1 Å². The Morgan fingerprint density at radius 2 is 2.00 bits per heavy atom. The highest BCUT2D eigenvalue weighted by Gasteiger charge is 2.43. The average molecular weight is 244 g/mol. The van der Waals surface area contributed by atoms with Crippen molar-refractivity contribution in [1.82, 2.24) is 4.90 Å². The molecule has 1 saturated carbocycles. The van der Waals surface area contributed by atoms with E-state index in [1.165, 1.54) is 5.56 Å². The van der Waals surface area contributed by atoms with E-state index in [9.17, 15) is 0 Å². The molecular formula is C15H20N2O. The van der Waals surface area contributed by atoms with Crippen LogP contribution in [0.5, 0.6) is 5.75 Å². The highest BCUT2D eigenvalue weighted by atomic mass is 16.5. The van der Waals surface area contributed by atoms with E-state index >= 15 is 0 Å².